The molecule has 0 fully saturated rings. The molecule has 2 nitrogen and oxygen atoms in total. The number of hydrogen-bond donors (Lipinski definition) is 0. The van der Waals surface area contributed by atoms with Crippen LogP contribution >= 0.6 is 0 Å². The molecule has 0 amide bonds. The van der Waals surface area contributed by atoms with E-state index in [-0.39, 0.29) is 32.7 Å². The van der Waals surface area contributed by atoms with Gasteiger partial charge in [-0.05, 0) is 5.92 Å². The molecular formula is C9H21O2Ti. The summed E-state index contributed by atoms with van der Waals surface area (Å²) in [6.07, 6.45) is 6.58. The van der Waals surface area contributed by atoms with Crippen LogP contribution in [0.15, 0.2) is 0 Å². The number of unbranched alkanes of at least 4 members (excludes halogenated alkanes) is 3. The molecule has 0 aromatic rings. The molecule has 0 spiro atoms. The van der Waals surface area contributed by atoms with Crippen LogP contribution in [0.25, 0.3) is 0 Å². The van der Waals surface area contributed by atoms with Crippen LogP contribution in [0.1, 0.15) is 46.0 Å². The van der Waals surface area contributed by atoms with Crippen LogP contribution in [0.5, 0.6) is 0 Å². The molecule has 0 saturated carbocycles. The average Bonchev–Trinajstić information content (AvgIpc) is 1.80. The fourth-order valence-corrected chi connectivity index (χ4v) is 0.906. The summed E-state index contributed by atoms with van der Waals surface area (Å²) in [6, 6.07) is 0. The molecule has 0 atom stereocenters. The molecule has 0 unspecified atom stereocenters. The van der Waals surface area contributed by atoms with Crippen molar-refractivity contribution in [2.45, 2.75) is 46.0 Å². The molecule has 12 heavy (non-hydrogen) atoms. The Labute approximate surface area is 91.6 Å². The smallest absolute Gasteiger partial charge is 0.870 e. The van der Waals surface area contributed by atoms with Crippen molar-refractivity contribution in [2.24, 2.45) is 5.92 Å². The van der Waals surface area contributed by atoms with Gasteiger partial charge >= 0.3 is 21.7 Å². The summed E-state index contributed by atoms with van der Waals surface area (Å²) in [5.41, 5.74) is 0. The number of hydrogen-bond acceptors (Lipinski definition) is 2. The molecule has 0 aromatic carbocycles. The third kappa shape index (κ3) is 22.4. The summed E-state index contributed by atoms with van der Waals surface area (Å²) in [5.74, 6) is 0.884. The Morgan fingerprint density at radius 1 is 1.00 bits per heavy atom. The van der Waals surface area contributed by atoms with E-state index in [2.05, 4.69) is 20.8 Å². The van der Waals surface area contributed by atoms with Gasteiger partial charge in [0.2, 0.25) is 0 Å². The van der Waals surface area contributed by atoms with Crippen molar-refractivity contribution in [1.29, 1.82) is 0 Å². The molecule has 0 saturated heterocycles. The second kappa shape index (κ2) is 17.6. The van der Waals surface area contributed by atoms with Gasteiger partial charge in [-0.15, -0.1) is 0 Å². The molecule has 0 aliphatic carbocycles. The monoisotopic (exact) mass is 209 g/mol. The van der Waals surface area contributed by atoms with E-state index in [0.717, 1.165) is 12.3 Å². The SMILES string of the molecule is [CH2-]CCCCCC(C)C.[OH-].[OH-].[Ti+3]. The van der Waals surface area contributed by atoms with Crippen molar-refractivity contribution in [3.05, 3.63) is 6.92 Å². The van der Waals surface area contributed by atoms with Crippen LogP contribution in [0.3, 0.4) is 0 Å². The Morgan fingerprint density at radius 2 is 1.50 bits per heavy atom. The van der Waals surface area contributed by atoms with Gasteiger partial charge in [0.25, 0.3) is 0 Å². The van der Waals surface area contributed by atoms with Crippen LogP contribution in [-0.2, 0) is 21.7 Å². The molecule has 73 valence electrons. The summed E-state index contributed by atoms with van der Waals surface area (Å²) in [6.45, 7) is 8.37. The predicted molar refractivity (Wildman–Crippen MR) is 47.2 cm³/mol. The van der Waals surface area contributed by atoms with Crippen molar-refractivity contribution in [3.63, 3.8) is 0 Å². The predicted octanol–water partition coefficient (Wildman–Crippen LogP) is 3.07. The average molecular weight is 209 g/mol. The van der Waals surface area contributed by atoms with Gasteiger partial charge in [0.05, 0.1) is 0 Å². The first-order valence-corrected chi connectivity index (χ1v) is 4.06. The summed E-state index contributed by atoms with van der Waals surface area (Å²) in [4.78, 5) is 0. The van der Waals surface area contributed by atoms with Gasteiger partial charge in [-0.25, -0.2) is 0 Å². The summed E-state index contributed by atoms with van der Waals surface area (Å²) in [5, 5.41) is 0. The minimum absolute atomic E-state index is 0. The summed E-state index contributed by atoms with van der Waals surface area (Å²) >= 11 is 0. The van der Waals surface area contributed by atoms with Crippen LogP contribution in [0.4, 0.5) is 0 Å². The largest absolute Gasteiger partial charge is 3.00 e. The standard InChI is InChI=1S/C9H19.2H2O.Ti/c1-4-5-6-7-8-9(2)3;;;/h9H,1,4-8H2,2-3H3;2*1H2;/q-1;;;+3/p-2. The Kier molecular flexibility index (Phi) is 33.7. The van der Waals surface area contributed by atoms with Crippen LogP contribution < -0.4 is 0 Å². The molecule has 2 N–H and O–H groups in total. The normalized spacial score (nSPS) is 8.00. The fourth-order valence-electron chi connectivity index (χ4n) is 0.906. The van der Waals surface area contributed by atoms with Crippen LogP contribution in [0, 0.1) is 12.8 Å². The van der Waals surface area contributed by atoms with Gasteiger partial charge in [-0.3, -0.25) is 0 Å². The van der Waals surface area contributed by atoms with E-state index in [4.69, 9.17) is 0 Å². The van der Waals surface area contributed by atoms with E-state index in [9.17, 15) is 0 Å². The third-order valence-electron chi connectivity index (χ3n) is 1.53. The van der Waals surface area contributed by atoms with Gasteiger partial charge in [0.1, 0.15) is 0 Å². The molecule has 0 rings (SSSR count). The molecule has 0 aromatic heterocycles. The third-order valence-corrected chi connectivity index (χ3v) is 1.53. The van der Waals surface area contributed by atoms with E-state index in [1.165, 1.54) is 25.7 Å². The van der Waals surface area contributed by atoms with E-state index < -0.39 is 0 Å². The molecule has 0 aliphatic rings. The van der Waals surface area contributed by atoms with Crippen molar-refractivity contribution < 1.29 is 32.7 Å². The van der Waals surface area contributed by atoms with Gasteiger partial charge in [0.15, 0.2) is 0 Å². The summed E-state index contributed by atoms with van der Waals surface area (Å²) in [7, 11) is 0. The quantitative estimate of drug-likeness (QED) is 0.396. The van der Waals surface area contributed by atoms with Crippen molar-refractivity contribution in [2.75, 3.05) is 0 Å². The van der Waals surface area contributed by atoms with Crippen LogP contribution in [0.2, 0.25) is 0 Å². The Bertz CT molecular complexity index is 58.5. The molecule has 0 heterocycles. The second-order valence-electron chi connectivity index (χ2n) is 3.10. The van der Waals surface area contributed by atoms with Gasteiger partial charge in [-0.1, -0.05) is 39.5 Å². The molecule has 0 aliphatic heterocycles. The Morgan fingerprint density at radius 3 is 1.83 bits per heavy atom. The van der Waals surface area contributed by atoms with E-state index in [1.54, 1.807) is 0 Å². The van der Waals surface area contributed by atoms with Crippen LogP contribution in [-0.4, -0.2) is 11.0 Å². The van der Waals surface area contributed by atoms with E-state index >= 15 is 0 Å². The zero-order chi connectivity index (χ0) is 7.11. The summed E-state index contributed by atoms with van der Waals surface area (Å²) < 4.78 is 0. The van der Waals surface area contributed by atoms with Gasteiger partial charge < -0.3 is 17.9 Å². The topological polar surface area (TPSA) is 60.0 Å². The maximum absolute atomic E-state index is 3.80. The van der Waals surface area contributed by atoms with E-state index in [1.807, 2.05) is 0 Å². The zero-order valence-electron chi connectivity index (χ0n) is 8.21. The Balaban J connectivity index is -0.000000107. The minimum atomic E-state index is 0. The van der Waals surface area contributed by atoms with E-state index in [0.29, 0.717) is 0 Å². The van der Waals surface area contributed by atoms with Gasteiger partial charge in [-0.2, -0.15) is 6.42 Å². The minimum Gasteiger partial charge on any atom is -0.870 e. The Hall–Kier alpha value is 0.634. The zero-order valence-corrected chi connectivity index (χ0v) is 9.78. The van der Waals surface area contributed by atoms with Crippen molar-refractivity contribution in [1.82, 2.24) is 0 Å². The number of rotatable bonds is 5. The first kappa shape index (κ1) is 22.9. The molecule has 3 heteroatoms. The maximum atomic E-state index is 3.80. The first-order valence-electron chi connectivity index (χ1n) is 4.06. The molecular weight excluding hydrogens is 188 g/mol. The molecule has 0 bridgehead atoms. The fraction of sp³-hybridized carbons (Fsp3) is 0.889. The van der Waals surface area contributed by atoms with Crippen molar-refractivity contribution in [3.8, 4) is 0 Å². The van der Waals surface area contributed by atoms with Gasteiger partial charge in [0, 0.05) is 0 Å². The maximum Gasteiger partial charge on any atom is 3.00 e. The van der Waals surface area contributed by atoms with Crippen molar-refractivity contribution >= 4 is 0 Å². The molecule has 1 radical (unpaired) electrons. The second-order valence-corrected chi connectivity index (χ2v) is 3.10. The first-order chi connectivity index (χ1) is 4.27.